The van der Waals surface area contributed by atoms with Gasteiger partial charge in [-0.2, -0.15) is 0 Å². The third kappa shape index (κ3) is 2.44. The molecule has 0 saturated carbocycles. The molecule has 7 nitrogen and oxygen atoms in total. The molecular weight excluding hydrogens is 280 g/mol. The molecule has 1 unspecified atom stereocenters. The Hall–Kier alpha value is -1.80. The lowest BCUT2D eigenvalue weighted by molar-refractivity contribution is 0.0964. The number of nitrogens with zero attached hydrogens (tertiary/aromatic N) is 1. The van der Waals surface area contributed by atoms with Gasteiger partial charge in [0.15, 0.2) is 0 Å². The van der Waals surface area contributed by atoms with E-state index in [4.69, 9.17) is 16.2 Å². The van der Waals surface area contributed by atoms with Crippen molar-refractivity contribution >= 4 is 33.8 Å². The minimum atomic E-state index is -0.619. The second kappa shape index (κ2) is 5.68. The summed E-state index contributed by atoms with van der Waals surface area (Å²) in [6.07, 6.45) is 0.987. The fourth-order valence-electron chi connectivity index (χ4n) is 2.29. The predicted octanol–water partition coefficient (Wildman–Crippen LogP) is 0.0139. The molecule has 1 atom stereocenters. The Labute approximate surface area is 120 Å². The van der Waals surface area contributed by atoms with Crippen LogP contribution in [0, 0.1) is 0 Å². The number of nitrogens with two attached hydrogens (primary N) is 2. The molecule has 1 aromatic heterocycles. The maximum absolute atomic E-state index is 12.0. The van der Waals surface area contributed by atoms with Crippen molar-refractivity contribution in [2.45, 2.75) is 12.5 Å². The maximum Gasteiger partial charge on any atom is 0.260 e. The van der Waals surface area contributed by atoms with Gasteiger partial charge in [0.05, 0.1) is 17.4 Å². The number of carbonyl (C=O) groups excluding carboxylic acids is 2. The van der Waals surface area contributed by atoms with E-state index in [1.807, 2.05) is 4.90 Å². The van der Waals surface area contributed by atoms with Crippen molar-refractivity contribution in [3.63, 3.8) is 0 Å². The molecule has 0 aliphatic carbocycles. The van der Waals surface area contributed by atoms with E-state index < -0.39 is 5.91 Å². The van der Waals surface area contributed by atoms with Gasteiger partial charge in [0.2, 0.25) is 0 Å². The largest absolute Gasteiger partial charge is 0.397 e. The molecular formula is C12H18N4O3S. The summed E-state index contributed by atoms with van der Waals surface area (Å²) < 4.78 is 5.31. The molecule has 1 aliphatic heterocycles. The van der Waals surface area contributed by atoms with Crippen molar-refractivity contribution < 1.29 is 14.3 Å². The van der Waals surface area contributed by atoms with Gasteiger partial charge in [-0.05, 0) is 6.42 Å². The first kappa shape index (κ1) is 14.6. The van der Waals surface area contributed by atoms with Crippen LogP contribution in [0.4, 0.5) is 10.7 Å². The first-order chi connectivity index (χ1) is 9.49. The van der Waals surface area contributed by atoms with Crippen LogP contribution in [0.3, 0.4) is 0 Å². The van der Waals surface area contributed by atoms with Crippen LogP contribution < -0.4 is 21.7 Å². The van der Waals surface area contributed by atoms with Gasteiger partial charge in [0, 0.05) is 27.2 Å². The smallest absolute Gasteiger partial charge is 0.260 e. The van der Waals surface area contributed by atoms with Crippen LogP contribution in [0.15, 0.2) is 0 Å². The van der Waals surface area contributed by atoms with E-state index in [9.17, 15) is 9.59 Å². The van der Waals surface area contributed by atoms with Gasteiger partial charge in [0.25, 0.3) is 11.8 Å². The molecule has 0 aromatic carbocycles. The van der Waals surface area contributed by atoms with Gasteiger partial charge >= 0.3 is 0 Å². The number of anilines is 2. The zero-order valence-corrected chi connectivity index (χ0v) is 12.3. The Morgan fingerprint density at radius 3 is 2.70 bits per heavy atom. The monoisotopic (exact) mass is 298 g/mol. The van der Waals surface area contributed by atoms with Gasteiger partial charge in [0.1, 0.15) is 9.88 Å². The summed E-state index contributed by atoms with van der Waals surface area (Å²) >= 11 is 1.16. The van der Waals surface area contributed by atoms with Gasteiger partial charge in [-0.3, -0.25) is 9.59 Å². The summed E-state index contributed by atoms with van der Waals surface area (Å²) in [5.74, 6) is -0.937. The first-order valence-electron chi connectivity index (χ1n) is 6.21. The zero-order valence-electron chi connectivity index (χ0n) is 11.4. The molecule has 8 heteroatoms. The molecule has 1 fully saturated rings. The molecule has 1 aromatic rings. The second-order valence-corrected chi connectivity index (χ2v) is 5.56. The van der Waals surface area contributed by atoms with E-state index in [-0.39, 0.29) is 22.6 Å². The number of hydrogen-bond acceptors (Lipinski definition) is 6. The SMILES string of the molecule is CNC(=O)c1c(N2CCC(OC)C2)sc(C(N)=O)c1N. The Morgan fingerprint density at radius 2 is 2.20 bits per heavy atom. The summed E-state index contributed by atoms with van der Waals surface area (Å²) in [5, 5.41) is 3.22. The van der Waals surface area contributed by atoms with Crippen molar-refractivity contribution in [2.24, 2.45) is 5.73 Å². The van der Waals surface area contributed by atoms with E-state index in [0.29, 0.717) is 17.1 Å². The van der Waals surface area contributed by atoms with Crippen molar-refractivity contribution in [2.75, 3.05) is 37.9 Å². The summed E-state index contributed by atoms with van der Waals surface area (Å²) in [6.45, 7) is 1.42. The number of hydrogen-bond donors (Lipinski definition) is 3. The Morgan fingerprint density at radius 1 is 1.50 bits per heavy atom. The van der Waals surface area contributed by atoms with E-state index in [0.717, 1.165) is 24.3 Å². The van der Waals surface area contributed by atoms with Crippen molar-refractivity contribution in [3.05, 3.63) is 10.4 Å². The topological polar surface area (TPSA) is 111 Å². The Balaban J connectivity index is 2.43. The van der Waals surface area contributed by atoms with Crippen molar-refractivity contribution in [1.29, 1.82) is 0 Å². The fraction of sp³-hybridized carbons (Fsp3) is 0.500. The normalized spacial score (nSPS) is 18.3. The van der Waals surface area contributed by atoms with Crippen molar-refractivity contribution in [1.82, 2.24) is 5.32 Å². The molecule has 2 heterocycles. The third-order valence-electron chi connectivity index (χ3n) is 3.37. The maximum atomic E-state index is 12.0. The summed E-state index contributed by atoms with van der Waals surface area (Å²) in [6, 6.07) is 0. The lowest BCUT2D eigenvalue weighted by atomic mass is 10.2. The van der Waals surface area contributed by atoms with Gasteiger partial charge in [-0.25, -0.2) is 0 Å². The van der Waals surface area contributed by atoms with Gasteiger partial charge in [-0.1, -0.05) is 0 Å². The number of thiophene rings is 1. The number of primary amides is 1. The summed E-state index contributed by atoms with van der Waals surface area (Å²) in [5.41, 5.74) is 11.7. The molecule has 0 bridgehead atoms. The van der Waals surface area contributed by atoms with E-state index in [1.54, 1.807) is 7.11 Å². The highest BCUT2D eigenvalue weighted by molar-refractivity contribution is 7.19. The number of ether oxygens (including phenoxy) is 1. The molecule has 0 radical (unpaired) electrons. The van der Waals surface area contributed by atoms with Crippen LogP contribution in [0.5, 0.6) is 0 Å². The van der Waals surface area contributed by atoms with E-state index in [1.165, 1.54) is 7.05 Å². The van der Waals surface area contributed by atoms with E-state index >= 15 is 0 Å². The summed E-state index contributed by atoms with van der Waals surface area (Å²) in [7, 11) is 3.18. The Kier molecular flexibility index (Phi) is 4.15. The fourth-order valence-corrected chi connectivity index (χ4v) is 3.39. The minimum Gasteiger partial charge on any atom is -0.397 e. The molecule has 20 heavy (non-hydrogen) atoms. The molecule has 5 N–H and O–H groups in total. The van der Waals surface area contributed by atoms with Crippen LogP contribution >= 0.6 is 11.3 Å². The highest BCUT2D eigenvalue weighted by atomic mass is 32.1. The number of methoxy groups -OCH3 is 1. The predicted molar refractivity (Wildman–Crippen MR) is 78.3 cm³/mol. The highest BCUT2D eigenvalue weighted by Gasteiger charge is 2.31. The quantitative estimate of drug-likeness (QED) is 0.725. The van der Waals surface area contributed by atoms with Crippen LogP contribution in [0.2, 0.25) is 0 Å². The lowest BCUT2D eigenvalue weighted by Gasteiger charge is -2.17. The van der Waals surface area contributed by atoms with Gasteiger partial charge in [-0.15, -0.1) is 11.3 Å². The van der Waals surface area contributed by atoms with Crippen LogP contribution in [-0.4, -0.2) is 45.2 Å². The Bertz CT molecular complexity index is 543. The highest BCUT2D eigenvalue weighted by Crippen LogP contribution is 2.39. The number of rotatable bonds is 4. The zero-order chi connectivity index (χ0) is 14.9. The molecule has 0 spiro atoms. The number of carbonyl (C=O) groups is 2. The number of nitrogens with one attached hydrogen (secondary N) is 1. The van der Waals surface area contributed by atoms with Crippen LogP contribution in [-0.2, 0) is 4.74 Å². The first-order valence-corrected chi connectivity index (χ1v) is 7.03. The third-order valence-corrected chi connectivity index (χ3v) is 4.65. The number of nitrogen functional groups attached to an aromatic ring is 1. The molecule has 2 rings (SSSR count). The van der Waals surface area contributed by atoms with Crippen LogP contribution in [0.25, 0.3) is 0 Å². The second-order valence-electron chi connectivity index (χ2n) is 4.56. The van der Waals surface area contributed by atoms with Crippen molar-refractivity contribution in [3.8, 4) is 0 Å². The summed E-state index contributed by atoms with van der Waals surface area (Å²) in [4.78, 5) is 25.6. The lowest BCUT2D eigenvalue weighted by Crippen LogP contribution is -2.26. The standard InChI is InChI=1S/C12H18N4O3S/c1-15-11(18)7-8(13)9(10(14)17)20-12(7)16-4-3-6(5-16)19-2/h6H,3-5,13H2,1-2H3,(H2,14,17)(H,15,18). The van der Waals surface area contributed by atoms with E-state index in [2.05, 4.69) is 5.32 Å². The average Bonchev–Trinajstić information content (AvgIpc) is 3.01. The average molecular weight is 298 g/mol. The molecule has 2 amide bonds. The molecule has 110 valence electrons. The molecule has 1 saturated heterocycles. The molecule has 1 aliphatic rings. The van der Waals surface area contributed by atoms with Crippen LogP contribution in [0.1, 0.15) is 26.5 Å². The number of amides is 2. The van der Waals surface area contributed by atoms with Gasteiger partial charge < -0.3 is 26.4 Å². The minimum absolute atomic E-state index is 0.118.